The fourth-order valence-electron chi connectivity index (χ4n) is 8.77. The number of para-hydroxylation sites is 5. The van der Waals surface area contributed by atoms with E-state index in [1.165, 1.54) is 10.8 Å². The Morgan fingerprint density at radius 3 is 1.62 bits per heavy atom. The van der Waals surface area contributed by atoms with Crippen molar-refractivity contribution >= 4 is 76.5 Å². The van der Waals surface area contributed by atoms with Crippen LogP contribution < -0.4 is 0 Å². The van der Waals surface area contributed by atoms with Crippen molar-refractivity contribution in [2.75, 3.05) is 0 Å². The van der Waals surface area contributed by atoms with E-state index < -0.39 is 0 Å². The van der Waals surface area contributed by atoms with Crippen LogP contribution in [0.25, 0.3) is 110 Å². The molecule has 0 spiro atoms. The van der Waals surface area contributed by atoms with Gasteiger partial charge in [-0.2, -0.15) is 0 Å². The molecule has 12 rings (SSSR count). The molecule has 5 heteroatoms. The minimum absolute atomic E-state index is 0.698. The van der Waals surface area contributed by atoms with Crippen LogP contribution in [0.15, 0.2) is 186 Å². The topological polar surface area (TPSA) is 48.8 Å². The summed E-state index contributed by atoms with van der Waals surface area (Å²) < 4.78 is 11.8. The molecule has 0 radical (unpaired) electrons. The summed E-state index contributed by atoms with van der Waals surface area (Å²) in [4.78, 5) is 10.2. The largest absolute Gasteiger partial charge is 0.455 e. The van der Waals surface area contributed by atoms with Crippen LogP contribution in [0.3, 0.4) is 0 Å². The molecule has 4 aromatic heterocycles. The molecule has 0 N–H and O–H groups in total. The monoisotopic (exact) mass is 702 g/mol. The molecule has 0 atom stereocenters. The van der Waals surface area contributed by atoms with Crippen LogP contribution in [0.5, 0.6) is 0 Å². The number of fused-ring (bicyclic) bond motifs is 13. The van der Waals surface area contributed by atoms with Gasteiger partial charge in [0, 0.05) is 49.4 Å². The first kappa shape index (κ1) is 30.0. The van der Waals surface area contributed by atoms with Crippen molar-refractivity contribution in [2.45, 2.75) is 0 Å². The summed E-state index contributed by atoms with van der Waals surface area (Å²) in [5, 5.41) is 7.91. The molecule has 0 bridgehead atoms. The number of aromatic nitrogens is 4. The summed E-state index contributed by atoms with van der Waals surface area (Å²) in [7, 11) is 0. The van der Waals surface area contributed by atoms with E-state index in [1.807, 2.05) is 18.2 Å². The van der Waals surface area contributed by atoms with Crippen molar-refractivity contribution in [1.82, 2.24) is 19.1 Å². The van der Waals surface area contributed by atoms with Crippen molar-refractivity contribution in [3.63, 3.8) is 0 Å². The lowest BCUT2D eigenvalue weighted by Gasteiger charge is -2.12. The summed E-state index contributed by atoms with van der Waals surface area (Å²) in [6, 6.07) is 63.9. The first-order valence-corrected chi connectivity index (χ1v) is 18.6. The van der Waals surface area contributed by atoms with Gasteiger partial charge in [-0.3, -0.25) is 0 Å². The van der Waals surface area contributed by atoms with Crippen molar-refractivity contribution in [3.05, 3.63) is 182 Å². The zero-order chi connectivity index (χ0) is 36.0. The van der Waals surface area contributed by atoms with Gasteiger partial charge in [0.2, 0.25) is 0 Å². The third-order valence-corrected chi connectivity index (χ3v) is 11.1. The molecular weight excluding hydrogens is 673 g/mol. The highest BCUT2D eigenvalue weighted by atomic mass is 16.3. The maximum Gasteiger partial charge on any atom is 0.160 e. The standard InChI is InChI=1S/C50H30N4O/c1-3-15-31(16-4-1)46-35-19-7-11-23-39(35)51-50(52-46)32-27-29-34(30-28-32)54-41-25-13-9-21-37(41)44-47(54)43-36-20-8-12-24-40(36)53(33-17-5-2-6-18-33)48(43)45-38-22-10-14-26-42(38)55-49(44)45/h1-30H. The molecule has 0 amide bonds. The normalized spacial score (nSPS) is 12.0. The Morgan fingerprint density at radius 2 is 0.909 bits per heavy atom. The minimum Gasteiger partial charge on any atom is -0.455 e. The summed E-state index contributed by atoms with van der Waals surface area (Å²) in [6.45, 7) is 0. The van der Waals surface area contributed by atoms with Crippen molar-refractivity contribution in [3.8, 4) is 34.0 Å². The molecular formula is C50H30N4O. The molecule has 0 unspecified atom stereocenters. The Balaban J connectivity index is 1.18. The van der Waals surface area contributed by atoms with Crippen LogP contribution in [0.2, 0.25) is 0 Å². The number of furan rings is 1. The van der Waals surface area contributed by atoms with Crippen LogP contribution >= 0.6 is 0 Å². The highest BCUT2D eigenvalue weighted by Gasteiger charge is 2.27. The quantitative estimate of drug-likeness (QED) is 0.183. The lowest BCUT2D eigenvalue weighted by molar-refractivity contribution is 0.673. The van der Waals surface area contributed by atoms with Gasteiger partial charge >= 0.3 is 0 Å². The van der Waals surface area contributed by atoms with Gasteiger partial charge in [-0.1, -0.05) is 121 Å². The molecule has 0 fully saturated rings. The first-order chi connectivity index (χ1) is 27.3. The SMILES string of the molecule is c1ccc(-c2nc(-c3ccc(-n4c5ccccc5c5c6oc7ccccc7c6c6c(c7ccccc7n6-c6ccccc6)c54)cc3)nc3ccccc23)cc1. The minimum atomic E-state index is 0.698. The van der Waals surface area contributed by atoms with Crippen molar-refractivity contribution in [2.24, 2.45) is 0 Å². The van der Waals surface area contributed by atoms with Gasteiger partial charge in [0.25, 0.3) is 0 Å². The second-order valence-electron chi connectivity index (χ2n) is 14.1. The molecule has 4 heterocycles. The zero-order valence-electron chi connectivity index (χ0n) is 29.5. The van der Waals surface area contributed by atoms with E-state index in [2.05, 4.69) is 173 Å². The molecule has 0 aliphatic carbocycles. The Labute approximate surface area is 315 Å². The molecule has 256 valence electrons. The lowest BCUT2D eigenvalue weighted by atomic mass is 10.0. The van der Waals surface area contributed by atoms with E-state index in [9.17, 15) is 0 Å². The van der Waals surface area contributed by atoms with Gasteiger partial charge < -0.3 is 13.6 Å². The fourth-order valence-corrected chi connectivity index (χ4v) is 8.77. The Morgan fingerprint density at radius 1 is 0.382 bits per heavy atom. The molecule has 0 aliphatic rings. The van der Waals surface area contributed by atoms with E-state index in [1.54, 1.807) is 0 Å². The van der Waals surface area contributed by atoms with E-state index in [0.29, 0.717) is 5.82 Å². The Hall–Kier alpha value is -7.50. The van der Waals surface area contributed by atoms with Crippen molar-refractivity contribution in [1.29, 1.82) is 0 Å². The van der Waals surface area contributed by atoms with Gasteiger partial charge in [0.1, 0.15) is 11.2 Å². The number of benzene rings is 8. The van der Waals surface area contributed by atoms with E-state index in [0.717, 1.165) is 93.9 Å². The number of rotatable bonds is 4. The molecule has 12 aromatic rings. The van der Waals surface area contributed by atoms with Gasteiger partial charge in [-0.05, 0) is 60.7 Å². The molecule has 0 aliphatic heterocycles. The highest BCUT2D eigenvalue weighted by molar-refractivity contribution is 6.39. The molecule has 8 aromatic carbocycles. The van der Waals surface area contributed by atoms with Crippen LogP contribution in [0, 0.1) is 0 Å². The average molecular weight is 703 g/mol. The zero-order valence-corrected chi connectivity index (χ0v) is 29.5. The van der Waals surface area contributed by atoms with Crippen LogP contribution in [0.4, 0.5) is 0 Å². The maximum absolute atomic E-state index is 6.93. The number of hydrogen-bond acceptors (Lipinski definition) is 3. The first-order valence-electron chi connectivity index (χ1n) is 18.6. The average Bonchev–Trinajstić information content (AvgIpc) is 3.92. The van der Waals surface area contributed by atoms with Crippen molar-refractivity contribution < 1.29 is 4.42 Å². The van der Waals surface area contributed by atoms with E-state index in [4.69, 9.17) is 14.4 Å². The third-order valence-electron chi connectivity index (χ3n) is 11.1. The molecule has 0 saturated heterocycles. The summed E-state index contributed by atoms with van der Waals surface area (Å²) in [5.74, 6) is 0.698. The van der Waals surface area contributed by atoms with Gasteiger partial charge in [-0.25, -0.2) is 9.97 Å². The maximum atomic E-state index is 6.93. The van der Waals surface area contributed by atoms with Gasteiger partial charge in [0.15, 0.2) is 5.82 Å². The fraction of sp³-hybridized carbons (Fsp3) is 0. The predicted molar refractivity (Wildman–Crippen MR) is 226 cm³/mol. The van der Waals surface area contributed by atoms with E-state index >= 15 is 0 Å². The molecule has 55 heavy (non-hydrogen) atoms. The Kier molecular flexibility index (Phi) is 6.27. The summed E-state index contributed by atoms with van der Waals surface area (Å²) in [5.41, 5.74) is 12.3. The highest BCUT2D eigenvalue weighted by Crippen LogP contribution is 2.49. The predicted octanol–water partition coefficient (Wildman–Crippen LogP) is 13.1. The third kappa shape index (κ3) is 4.29. The summed E-state index contributed by atoms with van der Waals surface area (Å²) >= 11 is 0. The number of nitrogens with zero attached hydrogens (tertiary/aromatic N) is 4. The molecule has 5 nitrogen and oxygen atoms in total. The van der Waals surface area contributed by atoms with E-state index in [-0.39, 0.29) is 0 Å². The lowest BCUT2D eigenvalue weighted by Crippen LogP contribution is -1.97. The van der Waals surface area contributed by atoms with Gasteiger partial charge in [0.05, 0.1) is 44.0 Å². The van der Waals surface area contributed by atoms with Crippen LogP contribution in [0.1, 0.15) is 0 Å². The number of hydrogen-bond donors (Lipinski definition) is 0. The Bertz CT molecular complexity index is 3470. The van der Waals surface area contributed by atoms with Crippen LogP contribution in [-0.2, 0) is 0 Å². The second-order valence-corrected chi connectivity index (χ2v) is 14.1. The van der Waals surface area contributed by atoms with Gasteiger partial charge in [-0.15, -0.1) is 0 Å². The molecule has 0 saturated carbocycles. The van der Waals surface area contributed by atoms with Crippen LogP contribution in [-0.4, -0.2) is 19.1 Å². The summed E-state index contributed by atoms with van der Waals surface area (Å²) in [6.07, 6.45) is 0. The second kappa shape index (κ2) is 11.5. The smallest absolute Gasteiger partial charge is 0.160 e.